The Balaban J connectivity index is 1.82. The van der Waals surface area contributed by atoms with E-state index in [1.54, 1.807) is 6.08 Å². The molecule has 0 saturated heterocycles. The summed E-state index contributed by atoms with van der Waals surface area (Å²) in [6.45, 7) is 1.48. The van der Waals surface area contributed by atoms with Gasteiger partial charge in [-0.3, -0.25) is 0 Å². The number of nitrogens with zero attached hydrogens (tertiary/aromatic N) is 1. The minimum Gasteiger partial charge on any atom is -0.476 e. The molecule has 1 heterocycles. The molecule has 168 valence electrons. The summed E-state index contributed by atoms with van der Waals surface area (Å²) in [7, 11) is 0. The summed E-state index contributed by atoms with van der Waals surface area (Å²) in [5, 5.41) is 31.0. The zero-order chi connectivity index (χ0) is 22.3. The fraction of sp³-hybridized carbons (Fsp3) is 0.600. The maximum atomic E-state index is 12.9. The number of thioether (sulfide) groups is 1. The summed E-state index contributed by atoms with van der Waals surface area (Å²) in [5.41, 5.74) is -1.26. The third-order valence-corrected chi connectivity index (χ3v) is 7.30. The van der Waals surface area contributed by atoms with Gasteiger partial charge in [-0.05, 0) is 50.9 Å². The van der Waals surface area contributed by atoms with Gasteiger partial charge < -0.3 is 15.3 Å². The van der Waals surface area contributed by atoms with Crippen LogP contribution < -0.4 is 0 Å². The van der Waals surface area contributed by atoms with Crippen LogP contribution in [0.4, 0.5) is 13.2 Å². The fourth-order valence-corrected chi connectivity index (χ4v) is 5.41. The Hall–Kier alpha value is -1.36. The molecule has 0 spiro atoms. The quantitative estimate of drug-likeness (QED) is 0.305. The van der Waals surface area contributed by atoms with Crippen molar-refractivity contribution in [1.82, 2.24) is 4.98 Å². The number of hydrogen-bond donors (Lipinski definition) is 3. The second-order valence-electron chi connectivity index (χ2n) is 7.71. The lowest BCUT2D eigenvalue weighted by atomic mass is 9.90. The van der Waals surface area contributed by atoms with E-state index in [1.165, 1.54) is 35.4 Å². The molecule has 0 radical (unpaired) electrons. The average Bonchev–Trinajstić information content (AvgIpc) is 3.28. The van der Waals surface area contributed by atoms with Crippen LogP contribution in [0, 0.1) is 11.8 Å². The van der Waals surface area contributed by atoms with Crippen LogP contribution in [0.1, 0.15) is 55.9 Å². The maximum Gasteiger partial charge on any atom is 0.355 e. The molecule has 1 aliphatic carbocycles. The third kappa shape index (κ3) is 7.72. The highest BCUT2D eigenvalue weighted by atomic mass is 32.2. The number of halogens is 3. The summed E-state index contributed by atoms with van der Waals surface area (Å²) in [4.78, 5) is 14.9. The molecule has 0 aliphatic heterocycles. The van der Waals surface area contributed by atoms with Crippen LogP contribution in [0.15, 0.2) is 33.8 Å². The van der Waals surface area contributed by atoms with Gasteiger partial charge in [0.1, 0.15) is 0 Å². The van der Waals surface area contributed by atoms with Crippen molar-refractivity contribution in [3.63, 3.8) is 0 Å². The molecule has 1 aliphatic rings. The van der Waals surface area contributed by atoms with Crippen LogP contribution >= 0.6 is 23.1 Å². The van der Waals surface area contributed by atoms with E-state index >= 15 is 0 Å². The second kappa shape index (κ2) is 11.3. The molecule has 1 aromatic rings. The van der Waals surface area contributed by atoms with Crippen molar-refractivity contribution in [2.75, 3.05) is 5.75 Å². The van der Waals surface area contributed by atoms with Crippen molar-refractivity contribution in [3.05, 3.63) is 35.1 Å². The first-order valence-electron chi connectivity index (χ1n) is 9.67. The number of hydrogen-bond acceptors (Lipinski definition) is 6. The van der Waals surface area contributed by atoms with Gasteiger partial charge in [0.15, 0.2) is 15.9 Å². The van der Waals surface area contributed by atoms with Gasteiger partial charge in [0.05, 0.1) is 11.7 Å². The summed E-state index contributed by atoms with van der Waals surface area (Å²) in [6, 6.07) is 0. The van der Waals surface area contributed by atoms with E-state index in [0.29, 0.717) is 16.5 Å². The SMILES string of the molecule is CC(O)(C/C=C/[C@@H]1CC[C@H](O)[C@@H]1CCSc1nc(C(=O)O)cs1)CCC(F)=C(F)F. The molecule has 1 fully saturated rings. The summed E-state index contributed by atoms with van der Waals surface area (Å²) in [6.07, 6.45) is 2.73. The van der Waals surface area contributed by atoms with Crippen LogP contribution in [0.5, 0.6) is 0 Å². The number of aliphatic hydroxyl groups is 2. The number of carboxylic acids is 1. The van der Waals surface area contributed by atoms with E-state index in [-0.39, 0.29) is 30.4 Å². The normalized spacial score (nSPS) is 23.6. The molecule has 1 unspecified atom stereocenters. The van der Waals surface area contributed by atoms with Crippen LogP contribution in [-0.2, 0) is 0 Å². The number of aliphatic hydroxyl groups excluding tert-OH is 1. The van der Waals surface area contributed by atoms with Gasteiger partial charge >= 0.3 is 12.0 Å². The molecule has 5 nitrogen and oxygen atoms in total. The zero-order valence-corrected chi connectivity index (χ0v) is 18.2. The van der Waals surface area contributed by atoms with Crippen molar-refractivity contribution >= 4 is 29.1 Å². The van der Waals surface area contributed by atoms with Gasteiger partial charge in [0.25, 0.3) is 0 Å². The standard InChI is InChI=1S/C20H26F3NO4S2/c1-20(28,9-6-14(21)17(22)23)8-2-3-12-4-5-16(25)13(12)7-10-29-19-24-15(11-30-19)18(26)27/h2-3,11-13,16,25,28H,4-10H2,1H3,(H,26,27)/b3-2+/t12-,13-,16+,20?/m1/s1. The summed E-state index contributed by atoms with van der Waals surface area (Å²) in [5.74, 6) is -1.69. The molecular formula is C20H26F3NO4S2. The Morgan fingerprint density at radius 2 is 2.13 bits per heavy atom. The van der Waals surface area contributed by atoms with Crippen molar-refractivity contribution < 1.29 is 33.3 Å². The van der Waals surface area contributed by atoms with Crippen molar-refractivity contribution in [2.24, 2.45) is 11.8 Å². The molecule has 1 saturated carbocycles. The molecule has 4 atom stereocenters. The lowest BCUT2D eigenvalue weighted by Gasteiger charge is -2.22. The molecule has 10 heteroatoms. The van der Waals surface area contributed by atoms with E-state index in [2.05, 4.69) is 4.98 Å². The molecule has 0 amide bonds. The highest BCUT2D eigenvalue weighted by Crippen LogP contribution is 2.37. The number of allylic oxidation sites excluding steroid dienone is 2. The van der Waals surface area contributed by atoms with Crippen LogP contribution in [0.2, 0.25) is 0 Å². The Morgan fingerprint density at radius 1 is 1.40 bits per heavy atom. The minimum atomic E-state index is -2.35. The van der Waals surface area contributed by atoms with E-state index in [0.717, 1.165) is 12.8 Å². The van der Waals surface area contributed by atoms with Gasteiger partial charge in [-0.15, -0.1) is 11.3 Å². The first-order chi connectivity index (χ1) is 14.1. The fourth-order valence-electron chi connectivity index (χ4n) is 3.50. The Morgan fingerprint density at radius 3 is 2.77 bits per heavy atom. The molecule has 0 bridgehead atoms. The molecule has 1 aromatic heterocycles. The van der Waals surface area contributed by atoms with Gasteiger partial charge in [0, 0.05) is 17.6 Å². The van der Waals surface area contributed by atoms with Gasteiger partial charge in [-0.1, -0.05) is 23.9 Å². The van der Waals surface area contributed by atoms with Crippen LogP contribution in [0.25, 0.3) is 0 Å². The number of aromatic nitrogens is 1. The molecular weight excluding hydrogens is 439 g/mol. The second-order valence-corrected chi connectivity index (χ2v) is 9.91. The smallest absolute Gasteiger partial charge is 0.355 e. The topological polar surface area (TPSA) is 90.7 Å². The van der Waals surface area contributed by atoms with Crippen molar-refractivity contribution in [2.45, 2.75) is 61.5 Å². The predicted octanol–water partition coefficient (Wildman–Crippen LogP) is 5.27. The molecule has 3 N–H and O–H groups in total. The van der Waals surface area contributed by atoms with Gasteiger partial charge in [-0.25, -0.2) is 14.2 Å². The van der Waals surface area contributed by atoms with Gasteiger partial charge in [-0.2, -0.15) is 8.78 Å². The van der Waals surface area contributed by atoms with E-state index in [1.807, 2.05) is 6.08 Å². The summed E-state index contributed by atoms with van der Waals surface area (Å²) < 4.78 is 37.9. The lowest BCUT2D eigenvalue weighted by Crippen LogP contribution is -2.23. The number of thiazole rings is 1. The van der Waals surface area contributed by atoms with E-state index in [4.69, 9.17) is 5.11 Å². The van der Waals surface area contributed by atoms with E-state index in [9.17, 15) is 28.2 Å². The van der Waals surface area contributed by atoms with Crippen molar-refractivity contribution in [3.8, 4) is 0 Å². The largest absolute Gasteiger partial charge is 0.476 e. The lowest BCUT2D eigenvalue weighted by molar-refractivity contribution is 0.0521. The maximum absolute atomic E-state index is 12.9. The van der Waals surface area contributed by atoms with Crippen LogP contribution in [0.3, 0.4) is 0 Å². The first kappa shape index (κ1) is 24.9. The van der Waals surface area contributed by atoms with Crippen LogP contribution in [-0.4, -0.2) is 43.7 Å². The zero-order valence-electron chi connectivity index (χ0n) is 16.6. The molecule has 0 aromatic carbocycles. The Bertz CT molecular complexity index is 778. The van der Waals surface area contributed by atoms with Crippen molar-refractivity contribution in [1.29, 1.82) is 0 Å². The monoisotopic (exact) mass is 465 g/mol. The molecule has 2 rings (SSSR count). The molecule has 30 heavy (non-hydrogen) atoms. The first-order valence-corrected chi connectivity index (χ1v) is 11.5. The Labute approximate surface area is 181 Å². The minimum absolute atomic E-state index is 0.0286. The summed E-state index contributed by atoms with van der Waals surface area (Å²) >= 11 is 2.73. The third-order valence-electron chi connectivity index (χ3n) is 5.25. The Kier molecular flexibility index (Phi) is 9.39. The number of carbonyl (C=O) groups is 1. The predicted molar refractivity (Wildman–Crippen MR) is 111 cm³/mol. The number of rotatable bonds is 11. The highest BCUT2D eigenvalue weighted by molar-refractivity contribution is 8.01. The van der Waals surface area contributed by atoms with Gasteiger partial charge in [0.2, 0.25) is 0 Å². The highest BCUT2D eigenvalue weighted by Gasteiger charge is 2.33. The number of aromatic carboxylic acids is 1. The van der Waals surface area contributed by atoms with E-state index < -0.39 is 36.0 Å². The number of carboxylic acid groups (broad SMARTS) is 1. The average molecular weight is 466 g/mol.